The average Bonchev–Trinajstić information content (AvgIpc) is 3.32. The summed E-state index contributed by atoms with van der Waals surface area (Å²) in [6.07, 6.45) is 6.84. The maximum Gasteiger partial charge on any atom is 0.191 e. The molecule has 1 atom stereocenters. The summed E-state index contributed by atoms with van der Waals surface area (Å²) in [5.41, 5.74) is 2.60. The molecule has 158 valence electrons. The highest BCUT2D eigenvalue weighted by Crippen LogP contribution is 2.26. The van der Waals surface area contributed by atoms with Crippen LogP contribution in [-0.4, -0.2) is 61.6 Å². The molecule has 0 radical (unpaired) electrons. The highest BCUT2D eigenvalue weighted by atomic mass is 127. The summed E-state index contributed by atoms with van der Waals surface area (Å²) in [4.78, 5) is 9.71. The lowest BCUT2D eigenvalue weighted by Crippen LogP contribution is -2.45. The number of halogens is 1. The van der Waals surface area contributed by atoms with Gasteiger partial charge >= 0.3 is 0 Å². The van der Waals surface area contributed by atoms with Gasteiger partial charge in [0.05, 0.1) is 6.54 Å². The zero-order valence-electron chi connectivity index (χ0n) is 17.8. The first-order chi connectivity index (χ1) is 13.1. The Morgan fingerprint density at radius 1 is 1.11 bits per heavy atom. The molecule has 3 rings (SSSR count). The second-order valence-electron chi connectivity index (χ2n) is 8.31. The molecule has 2 N–H and O–H groups in total. The van der Waals surface area contributed by atoms with Crippen LogP contribution in [0.4, 0.5) is 0 Å². The van der Waals surface area contributed by atoms with Crippen molar-refractivity contribution in [1.82, 2.24) is 20.4 Å². The Morgan fingerprint density at radius 2 is 1.79 bits per heavy atom. The van der Waals surface area contributed by atoms with Gasteiger partial charge in [0.1, 0.15) is 0 Å². The molecule has 1 unspecified atom stereocenters. The number of hydrogen-bond donors (Lipinski definition) is 2. The van der Waals surface area contributed by atoms with Gasteiger partial charge in [-0.1, -0.05) is 37.1 Å². The lowest BCUT2D eigenvalue weighted by atomic mass is 10.1. The first kappa shape index (κ1) is 23.4. The number of aliphatic imine (C=N–C) groups is 1. The third-order valence-corrected chi connectivity index (χ3v) is 5.69. The van der Waals surface area contributed by atoms with Gasteiger partial charge in [0.2, 0.25) is 0 Å². The van der Waals surface area contributed by atoms with E-state index in [2.05, 4.69) is 65.7 Å². The van der Waals surface area contributed by atoms with Gasteiger partial charge < -0.3 is 15.5 Å². The molecular formula is C22H38IN5. The van der Waals surface area contributed by atoms with Crippen LogP contribution < -0.4 is 10.6 Å². The van der Waals surface area contributed by atoms with Crippen molar-refractivity contribution in [2.24, 2.45) is 4.99 Å². The van der Waals surface area contributed by atoms with Crippen molar-refractivity contribution in [3.8, 4) is 0 Å². The van der Waals surface area contributed by atoms with Gasteiger partial charge in [0.25, 0.3) is 0 Å². The molecule has 2 aliphatic rings. The van der Waals surface area contributed by atoms with E-state index in [9.17, 15) is 0 Å². The highest BCUT2D eigenvalue weighted by molar-refractivity contribution is 14.0. The summed E-state index contributed by atoms with van der Waals surface area (Å²) < 4.78 is 0. The van der Waals surface area contributed by atoms with Gasteiger partial charge in [0.15, 0.2) is 5.96 Å². The van der Waals surface area contributed by atoms with Crippen LogP contribution in [0, 0.1) is 0 Å². The predicted octanol–water partition coefficient (Wildman–Crippen LogP) is 3.44. The molecule has 6 heteroatoms. The Labute approximate surface area is 188 Å². The number of hydrogen-bond acceptors (Lipinski definition) is 3. The van der Waals surface area contributed by atoms with Crippen LogP contribution in [0.1, 0.15) is 50.2 Å². The third-order valence-electron chi connectivity index (χ3n) is 5.69. The van der Waals surface area contributed by atoms with Gasteiger partial charge in [-0.15, -0.1) is 24.0 Å². The zero-order chi connectivity index (χ0) is 19.1. The summed E-state index contributed by atoms with van der Waals surface area (Å²) in [6.45, 7) is 7.12. The van der Waals surface area contributed by atoms with Crippen LogP contribution in [-0.2, 0) is 13.1 Å². The predicted molar refractivity (Wildman–Crippen MR) is 129 cm³/mol. The first-order valence-corrected chi connectivity index (χ1v) is 10.7. The Kier molecular flexibility index (Phi) is 10.0. The SMILES string of the molecule is CCNC(=NCc1ccc(CN(C)C)cc1)NC1CCN(C2CCCC2)C1.I. The normalized spacial score (nSPS) is 21.1. The summed E-state index contributed by atoms with van der Waals surface area (Å²) in [7, 11) is 4.20. The number of nitrogens with zero attached hydrogens (tertiary/aromatic N) is 3. The molecule has 1 aromatic rings. The van der Waals surface area contributed by atoms with E-state index >= 15 is 0 Å². The van der Waals surface area contributed by atoms with Crippen molar-refractivity contribution < 1.29 is 0 Å². The molecule has 1 saturated heterocycles. The van der Waals surface area contributed by atoms with Crippen LogP contribution in [0.25, 0.3) is 0 Å². The molecule has 1 aliphatic carbocycles. The average molecular weight is 499 g/mol. The van der Waals surface area contributed by atoms with E-state index < -0.39 is 0 Å². The minimum absolute atomic E-state index is 0. The molecule has 0 bridgehead atoms. The van der Waals surface area contributed by atoms with Crippen molar-refractivity contribution in [1.29, 1.82) is 0 Å². The van der Waals surface area contributed by atoms with Gasteiger partial charge in [-0.25, -0.2) is 4.99 Å². The Balaban J connectivity index is 0.00000280. The highest BCUT2D eigenvalue weighted by Gasteiger charge is 2.30. The smallest absolute Gasteiger partial charge is 0.191 e. The molecule has 1 aromatic carbocycles. The third kappa shape index (κ3) is 7.19. The van der Waals surface area contributed by atoms with E-state index in [0.717, 1.165) is 38.2 Å². The van der Waals surface area contributed by atoms with Crippen molar-refractivity contribution >= 4 is 29.9 Å². The molecule has 0 amide bonds. The fraction of sp³-hybridized carbons (Fsp3) is 0.682. The summed E-state index contributed by atoms with van der Waals surface area (Å²) in [5, 5.41) is 7.08. The lowest BCUT2D eigenvalue weighted by Gasteiger charge is -2.24. The molecule has 1 heterocycles. The van der Waals surface area contributed by atoms with Crippen LogP contribution in [0.15, 0.2) is 29.3 Å². The largest absolute Gasteiger partial charge is 0.357 e. The molecule has 28 heavy (non-hydrogen) atoms. The maximum absolute atomic E-state index is 4.83. The molecule has 0 aromatic heterocycles. The first-order valence-electron chi connectivity index (χ1n) is 10.7. The maximum atomic E-state index is 4.83. The molecule has 5 nitrogen and oxygen atoms in total. The number of nitrogens with one attached hydrogen (secondary N) is 2. The molecule has 1 saturated carbocycles. The summed E-state index contributed by atoms with van der Waals surface area (Å²) in [5.74, 6) is 0.952. The monoisotopic (exact) mass is 499 g/mol. The minimum Gasteiger partial charge on any atom is -0.357 e. The van der Waals surface area contributed by atoms with Crippen molar-refractivity contribution in [2.75, 3.05) is 33.7 Å². The number of guanidine groups is 1. The van der Waals surface area contributed by atoms with Crippen LogP contribution in [0.3, 0.4) is 0 Å². The summed E-state index contributed by atoms with van der Waals surface area (Å²) >= 11 is 0. The van der Waals surface area contributed by atoms with Crippen LogP contribution in [0.5, 0.6) is 0 Å². The summed E-state index contributed by atoms with van der Waals surface area (Å²) in [6, 6.07) is 10.2. The topological polar surface area (TPSA) is 42.9 Å². The van der Waals surface area contributed by atoms with Gasteiger partial charge in [-0.2, -0.15) is 0 Å². The van der Waals surface area contributed by atoms with Gasteiger partial charge in [-0.05, 0) is 51.4 Å². The number of rotatable bonds is 7. The van der Waals surface area contributed by atoms with E-state index in [1.165, 1.54) is 49.8 Å². The fourth-order valence-electron chi connectivity index (χ4n) is 4.31. The molecule has 0 spiro atoms. The second kappa shape index (κ2) is 12.0. The Bertz CT molecular complexity index is 595. The van der Waals surface area contributed by atoms with Gasteiger partial charge in [0, 0.05) is 38.3 Å². The lowest BCUT2D eigenvalue weighted by molar-refractivity contribution is 0.242. The van der Waals surface area contributed by atoms with E-state index in [4.69, 9.17) is 4.99 Å². The quantitative estimate of drug-likeness (QED) is 0.343. The molecular weight excluding hydrogens is 461 g/mol. The van der Waals surface area contributed by atoms with Crippen molar-refractivity contribution in [3.63, 3.8) is 0 Å². The van der Waals surface area contributed by atoms with Crippen molar-refractivity contribution in [3.05, 3.63) is 35.4 Å². The fourth-order valence-corrected chi connectivity index (χ4v) is 4.31. The van der Waals surface area contributed by atoms with E-state index in [-0.39, 0.29) is 24.0 Å². The number of likely N-dealkylation sites (tertiary alicyclic amines) is 1. The molecule has 2 fully saturated rings. The molecule has 1 aliphatic heterocycles. The van der Waals surface area contributed by atoms with Crippen LogP contribution in [0.2, 0.25) is 0 Å². The second-order valence-corrected chi connectivity index (χ2v) is 8.31. The van der Waals surface area contributed by atoms with Crippen LogP contribution >= 0.6 is 24.0 Å². The van der Waals surface area contributed by atoms with Gasteiger partial charge in [-0.3, -0.25) is 4.90 Å². The number of benzene rings is 1. The Hall–Kier alpha value is -0.860. The van der Waals surface area contributed by atoms with E-state index in [1.54, 1.807) is 0 Å². The zero-order valence-corrected chi connectivity index (χ0v) is 20.1. The minimum atomic E-state index is 0. The standard InChI is InChI=1S/C22H37N5.HI/c1-4-23-22(24-15-18-9-11-19(12-10-18)16-26(2)3)25-20-13-14-27(17-20)21-7-5-6-8-21;/h9-12,20-21H,4-8,13-17H2,1-3H3,(H2,23,24,25);1H. The van der Waals surface area contributed by atoms with E-state index in [0.29, 0.717) is 6.04 Å². The Morgan fingerprint density at radius 3 is 2.43 bits per heavy atom. The van der Waals surface area contributed by atoms with Crippen molar-refractivity contribution in [2.45, 2.75) is 64.2 Å². The van der Waals surface area contributed by atoms with E-state index in [1.807, 2.05) is 0 Å².